The molecule has 1 amide bonds. The second-order valence-electron chi connectivity index (χ2n) is 5.15. The molecule has 2 rings (SSSR count). The van der Waals surface area contributed by atoms with Gasteiger partial charge in [0.15, 0.2) is 0 Å². The Labute approximate surface area is 113 Å². The predicted molar refractivity (Wildman–Crippen MR) is 73.1 cm³/mol. The highest BCUT2D eigenvalue weighted by Crippen LogP contribution is 2.36. The Balaban J connectivity index is 2.26. The van der Waals surface area contributed by atoms with Crippen LogP contribution in [0.3, 0.4) is 0 Å². The first-order valence-electron chi connectivity index (χ1n) is 6.96. The smallest absolute Gasteiger partial charge is 0.220 e. The number of aromatic hydroxyl groups is 2. The van der Waals surface area contributed by atoms with Crippen LogP contribution in [0, 0.1) is 0 Å². The number of rotatable bonds is 5. The van der Waals surface area contributed by atoms with Gasteiger partial charge in [0, 0.05) is 18.1 Å². The summed E-state index contributed by atoms with van der Waals surface area (Å²) in [5, 5.41) is 22.6. The maximum atomic E-state index is 11.3. The first kappa shape index (κ1) is 13.7. The van der Waals surface area contributed by atoms with Crippen LogP contribution in [-0.2, 0) is 11.2 Å². The molecular formula is C15H21NO3. The van der Waals surface area contributed by atoms with Gasteiger partial charge in [-0.25, -0.2) is 0 Å². The largest absolute Gasteiger partial charge is 0.508 e. The summed E-state index contributed by atoms with van der Waals surface area (Å²) in [5.74, 6) is 0.188. The van der Waals surface area contributed by atoms with Gasteiger partial charge in [-0.15, -0.1) is 0 Å². The van der Waals surface area contributed by atoms with E-state index in [0.29, 0.717) is 12.8 Å². The van der Waals surface area contributed by atoms with Crippen molar-refractivity contribution >= 4 is 5.91 Å². The van der Waals surface area contributed by atoms with Gasteiger partial charge in [-0.3, -0.25) is 4.79 Å². The van der Waals surface area contributed by atoms with Crippen LogP contribution >= 0.6 is 0 Å². The summed E-state index contributed by atoms with van der Waals surface area (Å²) >= 11 is 0. The third-order valence-electron chi connectivity index (χ3n) is 3.62. The van der Waals surface area contributed by atoms with Gasteiger partial charge in [0.1, 0.15) is 11.5 Å². The molecule has 1 unspecified atom stereocenters. The van der Waals surface area contributed by atoms with E-state index in [-0.39, 0.29) is 23.4 Å². The van der Waals surface area contributed by atoms with Crippen LogP contribution in [0.5, 0.6) is 11.5 Å². The average Bonchev–Trinajstić information content (AvgIpc) is 2.75. The maximum Gasteiger partial charge on any atom is 0.220 e. The van der Waals surface area contributed by atoms with E-state index in [9.17, 15) is 15.0 Å². The van der Waals surface area contributed by atoms with Gasteiger partial charge in [-0.1, -0.05) is 19.8 Å². The normalized spacial score (nSPS) is 18.6. The number of phenolic OH excluding ortho intramolecular Hbond substituents is 2. The van der Waals surface area contributed by atoms with E-state index in [2.05, 4.69) is 12.2 Å². The molecule has 104 valence electrons. The summed E-state index contributed by atoms with van der Waals surface area (Å²) < 4.78 is 0. The molecule has 1 aliphatic rings. The fourth-order valence-electron chi connectivity index (χ4n) is 2.69. The molecule has 4 heteroatoms. The lowest BCUT2D eigenvalue weighted by molar-refractivity contribution is -0.119. The Morgan fingerprint density at radius 1 is 1.32 bits per heavy atom. The molecule has 1 fully saturated rings. The van der Waals surface area contributed by atoms with Crippen LogP contribution in [0.2, 0.25) is 0 Å². The van der Waals surface area contributed by atoms with Crippen LogP contribution in [0.25, 0.3) is 0 Å². The maximum absolute atomic E-state index is 11.3. The average molecular weight is 263 g/mol. The van der Waals surface area contributed by atoms with Crippen LogP contribution in [0.15, 0.2) is 12.1 Å². The van der Waals surface area contributed by atoms with Crippen molar-refractivity contribution in [3.05, 3.63) is 23.3 Å². The molecule has 1 heterocycles. The van der Waals surface area contributed by atoms with E-state index in [4.69, 9.17) is 0 Å². The highest BCUT2D eigenvalue weighted by atomic mass is 16.3. The van der Waals surface area contributed by atoms with Gasteiger partial charge in [-0.05, 0) is 30.9 Å². The number of hydrogen-bond acceptors (Lipinski definition) is 3. The van der Waals surface area contributed by atoms with Crippen molar-refractivity contribution in [3.8, 4) is 11.5 Å². The first-order chi connectivity index (χ1) is 9.11. The number of carbonyl (C=O) groups is 1. The van der Waals surface area contributed by atoms with Crippen molar-refractivity contribution in [2.75, 3.05) is 0 Å². The van der Waals surface area contributed by atoms with Gasteiger partial charge >= 0.3 is 0 Å². The number of unbranched alkanes of at least 4 members (excludes halogenated alkanes) is 2. The molecule has 0 aliphatic carbocycles. The molecule has 3 N–H and O–H groups in total. The number of aryl methyl sites for hydroxylation is 1. The molecule has 0 aromatic heterocycles. The lowest BCUT2D eigenvalue weighted by Gasteiger charge is -2.18. The Kier molecular flexibility index (Phi) is 4.30. The molecule has 1 saturated heterocycles. The number of phenols is 2. The zero-order valence-electron chi connectivity index (χ0n) is 11.3. The molecule has 1 aromatic carbocycles. The minimum Gasteiger partial charge on any atom is -0.508 e. The highest BCUT2D eigenvalue weighted by molar-refractivity contribution is 5.79. The van der Waals surface area contributed by atoms with Gasteiger partial charge in [0.2, 0.25) is 5.91 Å². The monoisotopic (exact) mass is 263 g/mol. The second-order valence-corrected chi connectivity index (χ2v) is 5.15. The number of hydrogen-bond donors (Lipinski definition) is 3. The minimum absolute atomic E-state index is 0.0250. The fraction of sp³-hybridized carbons (Fsp3) is 0.533. The quantitative estimate of drug-likeness (QED) is 0.715. The third kappa shape index (κ3) is 3.19. The van der Waals surface area contributed by atoms with E-state index in [1.165, 1.54) is 6.07 Å². The van der Waals surface area contributed by atoms with Gasteiger partial charge in [0.25, 0.3) is 0 Å². The molecule has 4 nitrogen and oxygen atoms in total. The number of amides is 1. The number of benzene rings is 1. The Morgan fingerprint density at radius 3 is 2.74 bits per heavy atom. The third-order valence-corrected chi connectivity index (χ3v) is 3.62. The van der Waals surface area contributed by atoms with Gasteiger partial charge in [0.05, 0.1) is 6.04 Å². The number of carbonyl (C=O) groups excluding carboxylic acids is 1. The zero-order valence-corrected chi connectivity index (χ0v) is 11.3. The Morgan fingerprint density at radius 2 is 2.11 bits per heavy atom. The van der Waals surface area contributed by atoms with Crippen LogP contribution < -0.4 is 5.32 Å². The van der Waals surface area contributed by atoms with Gasteiger partial charge in [-0.2, -0.15) is 0 Å². The van der Waals surface area contributed by atoms with Crippen molar-refractivity contribution in [2.24, 2.45) is 0 Å². The van der Waals surface area contributed by atoms with Crippen molar-refractivity contribution in [1.29, 1.82) is 0 Å². The lowest BCUT2D eigenvalue weighted by atomic mass is 9.94. The zero-order chi connectivity index (χ0) is 13.8. The summed E-state index contributed by atoms with van der Waals surface area (Å²) in [5.41, 5.74) is 1.72. The Hall–Kier alpha value is -1.71. The van der Waals surface area contributed by atoms with E-state index in [0.717, 1.165) is 36.8 Å². The van der Waals surface area contributed by atoms with E-state index in [1.807, 2.05) is 0 Å². The number of nitrogens with one attached hydrogen (secondary N) is 1. The highest BCUT2D eigenvalue weighted by Gasteiger charge is 2.27. The van der Waals surface area contributed by atoms with E-state index in [1.54, 1.807) is 6.07 Å². The summed E-state index contributed by atoms with van der Waals surface area (Å²) in [6.45, 7) is 2.14. The molecule has 19 heavy (non-hydrogen) atoms. The molecule has 1 aliphatic heterocycles. The molecule has 0 saturated carbocycles. The van der Waals surface area contributed by atoms with Crippen LogP contribution in [-0.4, -0.2) is 16.1 Å². The fourth-order valence-corrected chi connectivity index (χ4v) is 2.69. The summed E-state index contributed by atoms with van der Waals surface area (Å²) in [6, 6.07) is 2.93. The van der Waals surface area contributed by atoms with Crippen molar-refractivity contribution in [3.63, 3.8) is 0 Å². The van der Waals surface area contributed by atoms with E-state index >= 15 is 0 Å². The molecule has 1 atom stereocenters. The minimum atomic E-state index is -0.121. The Bertz CT molecular complexity index is 471. The summed E-state index contributed by atoms with van der Waals surface area (Å²) in [7, 11) is 0. The molecular weight excluding hydrogens is 242 g/mol. The first-order valence-corrected chi connectivity index (χ1v) is 6.96. The van der Waals surface area contributed by atoms with Crippen LogP contribution in [0.1, 0.15) is 56.2 Å². The summed E-state index contributed by atoms with van der Waals surface area (Å²) in [4.78, 5) is 11.3. The molecule has 0 bridgehead atoms. The molecule has 0 radical (unpaired) electrons. The van der Waals surface area contributed by atoms with Gasteiger partial charge < -0.3 is 15.5 Å². The SMILES string of the molecule is CCCCCc1cc(O)cc(O)c1C1CCC(=O)N1. The molecule has 0 spiro atoms. The second kappa shape index (κ2) is 5.95. The summed E-state index contributed by atoms with van der Waals surface area (Å²) in [6.07, 6.45) is 5.29. The van der Waals surface area contributed by atoms with Crippen molar-refractivity contribution in [2.45, 2.75) is 51.5 Å². The van der Waals surface area contributed by atoms with E-state index < -0.39 is 0 Å². The lowest BCUT2D eigenvalue weighted by Crippen LogP contribution is -2.19. The topological polar surface area (TPSA) is 69.6 Å². The standard InChI is InChI=1S/C15H21NO3/c1-2-3-4-5-10-8-11(17)9-13(18)15(10)12-6-7-14(19)16-12/h8-9,12,17-18H,2-7H2,1H3,(H,16,19). The predicted octanol–water partition coefficient (Wildman–Crippen LogP) is 2.78. The molecule has 1 aromatic rings. The van der Waals surface area contributed by atoms with Crippen molar-refractivity contribution in [1.82, 2.24) is 5.32 Å². The van der Waals surface area contributed by atoms with Crippen LogP contribution in [0.4, 0.5) is 0 Å². The van der Waals surface area contributed by atoms with Crippen molar-refractivity contribution < 1.29 is 15.0 Å².